The molecule has 3 rings (SSSR count). The number of methoxy groups -OCH3 is 1. The van der Waals surface area contributed by atoms with Gasteiger partial charge in [0.25, 0.3) is 0 Å². The molecule has 1 saturated heterocycles. The van der Waals surface area contributed by atoms with Gasteiger partial charge in [0.15, 0.2) is 0 Å². The van der Waals surface area contributed by atoms with E-state index in [1.807, 2.05) is 26.0 Å². The zero-order valence-electron chi connectivity index (χ0n) is 18.5. The average Bonchev–Trinajstić information content (AvgIpc) is 2.73. The molecule has 0 atom stereocenters. The fraction of sp³-hybridized carbons (Fsp3) is 0.520. The number of halogens is 1. The van der Waals surface area contributed by atoms with E-state index in [9.17, 15) is 9.50 Å². The quantitative estimate of drug-likeness (QED) is 0.655. The van der Waals surface area contributed by atoms with Crippen LogP contribution >= 0.6 is 0 Å². The highest BCUT2D eigenvalue weighted by Crippen LogP contribution is 2.25. The second kappa shape index (κ2) is 10.9. The Kier molecular flexibility index (Phi) is 8.25. The topological polar surface area (TPSA) is 35.9 Å². The molecule has 2 aromatic carbocycles. The maximum absolute atomic E-state index is 13.9. The minimum Gasteiger partial charge on any atom is -0.507 e. The first kappa shape index (κ1) is 22.7. The first-order valence-electron chi connectivity index (χ1n) is 10.9. The summed E-state index contributed by atoms with van der Waals surface area (Å²) >= 11 is 0. The molecule has 164 valence electrons. The molecule has 1 aliphatic rings. The number of piperidine rings is 1. The summed E-state index contributed by atoms with van der Waals surface area (Å²) in [6.07, 6.45) is 2.26. The summed E-state index contributed by atoms with van der Waals surface area (Å²) in [5.41, 5.74) is 3.88. The van der Waals surface area contributed by atoms with Crippen molar-refractivity contribution < 1.29 is 14.2 Å². The molecule has 30 heavy (non-hydrogen) atoms. The van der Waals surface area contributed by atoms with Crippen molar-refractivity contribution in [3.05, 3.63) is 64.5 Å². The SMILES string of the molecule is COCCN(Cc1cc(C)c(O)c(C)c1)CC1CCN(Cc2ccccc2F)CC1. The van der Waals surface area contributed by atoms with Crippen LogP contribution in [0, 0.1) is 25.6 Å². The van der Waals surface area contributed by atoms with Crippen molar-refractivity contribution in [2.45, 2.75) is 39.8 Å². The molecule has 0 bridgehead atoms. The predicted octanol–water partition coefficient (Wildman–Crippen LogP) is 4.51. The first-order chi connectivity index (χ1) is 14.5. The summed E-state index contributed by atoms with van der Waals surface area (Å²) in [5.74, 6) is 0.923. The summed E-state index contributed by atoms with van der Waals surface area (Å²) in [6.45, 7) is 10.1. The van der Waals surface area contributed by atoms with Crippen molar-refractivity contribution in [1.29, 1.82) is 0 Å². The number of hydrogen-bond acceptors (Lipinski definition) is 4. The smallest absolute Gasteiger partial charge is 0.127 e. The summed E-state index contributed by atoms with van der Waals surface area (Å²) < 4.78 is 19.3. The molecule has 0 unspecified atom stereocenters. The van der Waals surface area contributed by atoms with Gasteiger partial charge in [-0.1, -0.05) is 30.3 Å². The lowest BCUT2D eigenvalue weighted by molar-refractivity contribution is 0.106. The highest BCUT2D eigenvalue weighted by molar-refractivity contribution is 5.42. The molecular formula is C25H35FN2O2. The Labute approximate surface area is 180 Å². The number of phenolic OH excluding ortho intramolecular Hbond substituents is 1. The third-order valence-electron chi connectivity index (χ3n) is 6.14. The molecule has 0 saturated carbocycles. The van der Waals surface area contributed by atoms with E-state index >= 15 is 0 Å². The highest BCUT2D eigenvalue weighted by atomic mass is 19.1. The van der Waals surface area contributed by atoms with Gasteiger partial charge in [0.05, 0.1) is 6.61 Å². The first-order valence-corrected chi connectivity index (χ1v) is 10.9. The van der Waals surface area contributed by atoms with Crippen molar-refractivity contribution >= 4 is 0 Å². The average molecular weight is 415 g/mol. The van der Waals surface area contributed by atoms with Crippen LogP contribution in [-0.4, -0.2) is 54.8 Å². The van der Waals surface area contributed by atoms with Crippen LogP contribution < -0.4 is 0 Å². The Morgan fingerprint density at radius 3 is 2.43 bits per heavy atom. The molecular weight excluding hydrogens is 379 g/mol. The zero-order chi connectivity index (χ0) is 21.5. The van der Waals surface area contributed by atoms with Gasteiger partial charge in [0.1, 0.15) is 11.6 Å². The highest BCUT2D eigenvalue weighted by Gasteiger charge is 2.22. The Morgan fingerprint density at radius 1 is 1.13 bits per heavy atom. The van der Waals surface area contributed by atoms with Gasteiger partial charge in [0.2, 0.25) is 0 Å². The molecule has 1 aliphatic heterocycles. The van der Waals surface area contributed by atoms with Crippen LogP contribution in [0.5, 0.6) is 5.75 Å². The van der Waals surface area contributed by atoms with E-state index < -0.39 is 0 Å². The number of nitrogens with zero attached hydrogens (tertiary/aromatic N) is 2. The number of ether oxygens (including phenoxy) is 1. The third-order valence-corrected chi connectivity index (χ3v) is 6.14. The number of benzene rings is 2. The Hall–Kier alpha value is -1.95. The molecule has 1 heterocycles. The van der Waals surface area contributed by atoms with Gasteiger partial charge in [-0.2, -0.15) is 0 Å². The van der Waals surface area contributed by atoms with Crippen LogP contribution in [0.3, 0.4) is 0 Å². The normalized spacial score (nSPS) is 15.8. The van der Waals surface area contributed by atoms with Crippen molar-refractivity contribution in [3.8, 4) is 5.75 Å². The summed E-state index contributed by atoms with van der Waals surface area (Å²) in [5, 5.41) is 10.1. The number of likely N-dealkylation sites (tertiary alicyclic amines) is 1. The number of phenols is 1. The lowest BCUT2D eigenvalue weighted by Crippen LogP contribution is -2.39. The summed E-state index contributed by atoms with van der Waals surface area (Å²) in [7, 11) is 1.74. The van der Waals surface area contributed by atoms with Crippen LogP contribution in [0.4, 0.5) is 4.39 Å². The van der Waals surface area contributed by atoms with Gasteiger partial charge in [-0.05, 0) is 68.5 Å². The number of rotatable bonds is 9. The van der Waals surface area contributed by atoms with E-state index in [-0.39, 0.29) is 5.82 Å². The summed E-state index contributed by atoms with van der Waals surface area (Å²) in [6, 6.07) is 11.2. The van der Waals surface area contributed by atoms with E-state index in [1.54, 1.807) is 19.2 Å². The van der Waals surface area contributed by atoms with Crippen LogP contribution in [-0.2, 0) is 17.8 Å². The standard InChI is InChI=1S/C25H35FN2O2/c1-19-14-22(15-20(2)25(19)29)17-28(12-13-30-3)16-21-8-10-27(11-9-21)18-23-6-4-5-7-24(23)26/h4-7,14-15,21,29H,8-13,16-18H2,1-3H3. The van der Waals surface area contributed by atoms with E-state index in [4.69, 9.17) is 4.74 Å². The van der Waals surface area contributed by atoms with Crippen molar-refractivity contribution in [3.63, 3.8) is 0 Å². The molecule has 1 N–H and O–H groups in total. The predicted molar refractivity (Wildman–Crippen MR) is 119 cm³/mol. The molecule has 0 amide bonds. The number of hydrogen-bond donors (Lipinski definition) is 1. The monoisotopic (exact) mass is 414 g/mol. The van der Waals surface area contributed by atoms with E-state index in [2.05, 4.69) is 21.9 Å². The largest absolute Gasteiger partial charge is 0.507 e. The van der Waals surface area contributed by atoms with Crippen molar-refractivity contribution in [2.24, 2.45) is 5.92 Å². The van der Waals surface area contributed by atoms with Crippen LogP contribution in [0.15, 0.2) is 36.4 Å². The van der Waals surface area contributed by atoms with E-state index in [0.29, 0.717) is 24.8 Å². The van der Waals surface area contributed by atoms with Gasteiger partial charge in [-0.25, -0.2) is 4.39 Å². The second-order valence-electron chi connectivity index (χ2n) is 8.62. The van der Waals surface area contributed by atoms with Gasteiger partial charge in [0, 0.05) is 38.9 Å². The van der Waals surface area contributed by atoms with Crippen molar-refractivity contribution in [2.75, 3.05) is 39.9 Å². The van der Waals surface area contributed by atoms with Crippen LogP contribution in [0.25, 0.3) is 0 Å². The second-order valence-corrected chi connectivity index (χ2v) is 8.62. The van der Waals surface area contributed by atoms with Gasteiger partial charge < -0.3 is 9.84 Å². The molecule has 4 nitrogen and oxygen atoms in total. The number of aryl methyl sites for hydroxylation is 2. The molecule has 2 aromatic rings. The molecule has 1 fully saturated rings. The zero-order valence-corrected chi connectivity index (χ0v) is 18.5. The Bertz CT molecular complexity index is 796. The van der Waals surface area contributed by atoms with E-state index in [1.165, 1.54) is 5.56 Å². The Morgan fingerprint density at radius 2 is 1.80 bits per heavy atom. The minimum atomic E-state index is -0.107. The molecule has 0 aromatic heterocycles. The van der Waals surface area contributed by atoms with Gasteiger partial charge >= 0.3 is 0 Å². The van der Waals surface area contributed by atoms with Gasteiger partial charge in [-0.15, -0.1) is 0 Å². The molecule has 0 spiro atoms. The molecule has 0 radical (unpaired) electrons. The lowest BCUT2D eigenvalue weighted by atomic mass is 9.95. The fourth-order valence-corrected chi connectivity index (χ4v) is 4.41. The van der Waals surface area contributed by atoms with Crippen molar-refractivity contribution in [1.82, 2.24) is 9.80 Å². The summed E-state index contributed by atoms with van der Waals surface area (Å²) in [4.78, 5) is 4.83. The van der Waals surface area contributed by atoms with E-state index in [0.717, 1.165) is 62.3 Å². The Balaban J connectivity index is 1.55. The molecule has 5 heteroatoms. The maximum atomic E-state index is 13.9. The van der Waals surface area contributed by atoms with Gasteiger partial charge in [-0.3, -0.25) is 9.80 Å². The van der Waals surface area contributed by atoms with Crippen LogP contribution in [0.2, 0.25) is 0 Å². The third kappa shape index (κ3) is 6.27. The fourth-order valence-electron chi connectivity index (χ4n) is 4.41. The molecule has 0 aliphatic carbocycles. The number of aromatic hydroxyl groups is 1. The maximum Gasteiger partial charge on any atom is 0.127 e. The van der Waals surface area contributed by atoms with Crippen LogP contribution in [0.1, 0.15) is 35.1 Å². The minimum absolute atomic E-state index is 0.107. The lowest BCUT2D eigenvalue weighted by Gasteiger charge is -2.35.